The first kappa shape index (κ1) is 20.1. The van der Waals surface area contributed by atoms with Crippen molar-refractivity contribution in [2.75, 3.05) is 44.7 Å². The number of ether oxygens (including phenoxy) is 1. The van der Waals surface area contributed by atoms with Gasteiger partial charge >= 0.3 is 0 Å². The highest BCUT2D eigenvalue weighted by atomic mass is 19.1. The van der Waals surface area contributed by atoms with Gasteiger partial charge in [-0.1, -0.05) is 12.1 Å². The Morgan fingerprint density at radius 1 is 1.07 bits per heavy atom. The topological polar surface area (TPSA) is 44.8 Å². The Kier molecular flexibility index (Phi) is 6.87. The first-order valence-corrected chi connectivity index (χ1v) is 9.72. The molecule has 1 atom stereocenters. The number of amides is 1. The summed E-state index contributed by atoms with van der Waals surface area (Å²) in [4.78, 5) is 16.9. The van der Waals surface area contributed by atoms with Gasteiger partial charge in [0.05, 0.1) is 13.2 Å². The van der Waals surface area contributed by atoms with Crippen molar-refractivity contribution in [3.05, 3.63) is 59.9 Å². The van der Waals surface area contributed by atoms with Crippen molar-refractivity contribution < 1.29 is 13.9 Å². The van der Waals surface area contributed by atoms with Gasteiger partial charge in [0.15, 0.2) is 0 Å². The fraction of sp³-hybridized carbons (Fsp3) is 0.409. The SMILES string of the molecule is COc1ccc(CCNC(=O)[C@@H](C)N2CCN(c3ccc(F)cc3)CC2)cc1. The summed E-state index contributed by atoms with van der Waals surface area (Å²) in [7, 11) is 1.65. The lowest BCUT2D eigenvalue weighted by Gasteiger charge is -2.38. The normalized spacial score (nSPS) is 15.9. The van der Waals surface area contributed by atoms with Gasteiger partial charge in [0, 0.05) is 38.4 Å². The number of methoxy groups -OCH3 is 1. The predicted octanol–water partition coefficient (Wildman–Crippen LogP) is 2.70. The highest BCUT2D eigenvalue weighted by Crippen LogP contribution is 2.18. The second-order valence-electron chi connectivity index (χ2n) is 7.06. The Morgan fingerprint density at radius 3 is 2.32 bits per heavy atom. The van der Waals surface area contributed by atoms with E-state index < -0.39 is 0 Å². The number of anilines is 1. The van der Waals surface area contributed by atoms with Crippen molar-refractivity contribution >= 4 is 11.6 Å². The van der Waals surface area contributed by atoms with Gasteiger partial charge < -0.3 is 15.0 Å². The number of benzene rings is 2. The Hall–Kier alpha value is -2.60. The minimum absolute atomic E-state index is 0.0590. The molecule has 150 valence electrons. The number of halogens is 1. The van der Waals surface area contributed by atoms with Gasteiger partial charge in [-0.25, -0.2) is 4.39 Å². The molecule has 0 radical (unpaired) electrons. The summed E-state index contributed by atoms with van der Waals surface area (Å²) in [5, 5.41) is 3.04. The molecule has 0 spiro atoms. The van der Waals surface area contributed by atoms with Crippen LogP contribution in [-0.4, -0.2) is 56.7 Å². The summed E-state index contributed by atoms with van der Waals surface area (Å²) in [5.74, 6) is 0.673. The van der Waals surface area contributed by atoms with Crippen LogP contribution < -0.4 is 15.0 Å². The third-order valence-electron chi connectivity index (χ3n) is 5.31. The third-order valence-corrected chi connectivity index (χ3v) is 5.31. The van der Waals surface area contributed by atoms with E-state index in [9.17, 15) is 9.18 Å². The molecule has 0 saturated carbocycles. The maximum Gasteiger partial charge on any atom is 0.237 e. The molecule has 2 aromatic carbocycles. The molecule has 1 saturated heterocycles. The first-order valence-electron chi connectivity index (χ1n) is 9.72. The zero-order valence-corrected chi connectivity index (χ0v) is 16.5. The summed E-state index contributed by atoms with van der Waals surface area (Å²) in [5.41, 5.74) is 2.19. The van der Waals surface area contributed by atoms with Gasteiger partial charge in [-0.3, -0.25) is 9.69 Å². The van der Waals surface area contributed by atoms with E-state index in [4.69, 9.17) is 4.74 Å². The third kappa shape index (κ3) is 5.23. The van der Waals surface area contributed by atoms with Gasteiger partial charge in [-0.2, -0.15) is 0 Å². The van der Waals surface area contributed by atoms with Crippen LogP contribution in [0.2, 0.25) is 0 Å². The number of carbonyl (C=O) groups excluding carboxylic acids is 1. The van der Waals surface area contributed by atoms with Gasteiger partial charge in [0.1, 0.15) is 11.6 Å². The standard InChI is InChI=1S/C22H28FN3O2/c1-17(22(27)24-12-11-18-3-9-21(28-2)10-4-18)25-13-15-26(16-14-25)20-7-5-19(23)6-8-20/h3-10,17H,11-16H2,1-2H3,(H,24,27)/t17-/m1/s1. The number of piperazine rings is 1. The van der Waals surface area contributed by atoms with Crippen molar-refractivity contribution in [1.29, 1.82) is 0 Å². The largest absolute Gasteiger partial charge is 0.497 e. The van der Waals surface area contributed by atoms with Crippen LogP contribution in [-0.2, 0) is 11.2 Å². The minimum Gasteiger partial charge on any atom is -0.497 e. The molecule has 1 fully saturated rings. The van der Waals surface area contributed by atoms with Crippen molar-refractivity contribution in [2.24, 2.45) is 0 Å². The molecular formula is C22H28FN3O2. The van der Waals surface area contributed by atoms with E-state index in [0.29, 0.717) is 6.54 Å². The number of hydrogen-bond donors (Lipinski definition) is 1. The smallest absolute Gasteiger partial charge is 0.237 e. The van der Waals surface area contributed by atoms with E-state index in [1.807, 2.05) is 31.2 Å². The molecule has 0 unspecified atom stereocenters. The second-order valence-corrected chi connectivity index (χ2v) is 7.06. The van der Waals surface area contributed by atoms with E-state index in [1.165, 1.54) is 17.7 Å². The molecule has 3 rings (SSSR count). The lowest BCUT2D eigenvalue weighted by atomic mass is 10.1. The molecule has 1 aliphatic rings. The second kappa shape index (κ2) is 9.55. The van der Waals surface area contributed by atoms with Crippen molar-refractivity contribution in [1.82, 2.24) is 10.2 Å². The van der Waals surface area contributed by atoms with Crippen LogP contribution in [0.5, 0.6) is 5.75 Å². The monoisotopic (exact) mass is 385 g/mol. The van der Waals surface area contributed by atoms with Gasteiger partial charge in [-0.05, 0) is 55.3 Å². The molecule has 1 N–H and O–H groups in total. The van der Waals surface area contributed by atoms with Crippen LogP contribution in [0.4, 0.5) is 10.1 Å². The summed E-state index contributed by atoms with van der Waals surface area (Å²) < 4.78 is 18.2. The molecule has 1 aliphatic heterocycles. The average Bonchev–Trinajstić information content (AvgIpc) is 2.74. The van der Waals surface area contributed by atoms with E-state index in [-0.39, 0.29) is 17.8 Å². The Labute approximate surface area is 166 Å². The molecular weight excluding hydrogens is 357 g/mol. The molecule has 0 bridgehead atoms. The molecule has 0 aliphatic carbocycles. The lowest BCUT2D eigenvalue weighted by Crippen LogP contribution is -2.54. The number of nitrogens with zero attached hydrogens (tertiary/aromatic N) is 2. The highest BCUT2D eigenvalue weighted by Gasteiger charge is 2.25. The van der Waals surface area contributed by atoms with Crippen molar-refractivity contribution in [3.8, 4) is 5.75 Å². The zero-order chi connectivity index (χ0) is 19.9. The molecule has 5 nitrogen and oxygen atoms in total. The quantitative estimate of drug-likeness (QED) is 0.796. The number of nitrogens with one attached hydrogen (secondary N) is 1. The van der Waals surface area contributed by atoms with Crippen LogP contribution in [0.15, 0.2) is 48.5 Å². The van der Waals surface area contributed by atoms with Crippen LogP contribution in [0, 0.1) is 5.82 Å². The van der Waals surface area contributed by atoms with Crippen LogP contribution in [0.1, 0.15) is 12.5 Å². The Morgan fingerprint density at radius 2 is 1.71 bits per heavy atom. The molecule has 2 aromatic rings. The molecule has 0 aromatic heterocycles. The lowest BCUT2D eigenvalue weighted by molar-refractivity contribution is -0.125. The highest BCUT2D eigenvalue weighted by molar-refractivity contribution is 5.81. The molecule has 28 heavy (non-hydrogen) atoms. The predicted molar refractivity (Wildman–Crippen MR) is 109 cm³/mol. The van der Waals surface area contributed by atoms with E-state index >= 15 is 0 Å². The fourth-order valence-corrected chi connectivity index (χ4v) is 3.46. The van der Waals surface area contributed by atoms with Gasteiger partial charge in [0.25, 0.3) is 0 Å². The maximum absolute atomic E-state index is 13.1. The summed E-state index contributed by atoms with van der Waals surface area (Å²) in [6, 6.07) is 14.3. The Bertz CT molecular complexity index is 756. The van der Waals surface area contributed by atoms with Gasteiger partial charge in [0.2, 0.25) is 5.91 Å². The van der Waals surface area contributed by atoms with E-state index in [2.05, 4.69) is 15.1 Å². The summed E-state index contributed by atoms with van der Waals surface area (Å²) >= 11 is 0. The first-order chi connectivity index (χ1) is 13.6. The maximum atomic E-state index is 13.1. The van der Waals surface area contributed by atoms with Gasteiger partial charge in [-0.15, -0.1) is 0 Å². The van der Waals surface area contributed by atoms with Crippen LogP contribution in [0.3, 0.4) is 0 Å². The molecule has 1 heterocycles. The van der Waals surface area contributed by atoms with Crippen molar-refractivity contribution in [2.45, 2.75) is 19.4 Å². The molecule has 1 amide bonds. The number of rotatable bonds is 7. The van der Waals surface area contributed by atoms with Crippen LogP contribution >= 0.6 is 0 Å². The fourth-order valence-electron chi connectivity index (χ4n) is 3.46. The summed E-state index contributed by atoms with van der Waals surface area (Å²) in [6.45, 7) is 5.85. The number of hydrogen-bond acceptors (Lipinski definition) is 4. The van der Waals surface area contributed by atoms with E-state index in [1.54, 1.807) is 19.2 Å². The average molecular weight is 385 g/mol. The van der Waals surface area contributed by atoms with Crippen LogP contribution in [0.25, 0.3) is 0 Å². The zero-order valence-electron chi connectivity index (χ0n) is 16.5. The Balaban J connectivity index is 1.41. The van der Waals surface area contributed by atoms with Crippen molar-refractivity contribution in [3.63, 3.8) is 0 Å². The summed E-state index contributed by atoms with van der Waals surface area (Å²) in [6.07, 6.45) is 0.792. The minimum atomic E-state index is -0.220. The molecule has 6 heteroatoms. The van der Waals surface area contributed by atoms with E-state index in [0.717, 1.165) is 44.0 Å². The number of carbonyl (C=O) groups is 1.